The summed E-state index contributed by atoms with van der Waals surface area (Å²) in [7, 11) is 3.13. The molecule has 1 aromatic carbocycles. The van der Waals surface area contributed by atoms with Crippen LogP contribution in [0.2, 0.25) is 0 Å². The zero-order chi connectivity index (χ0) is 12.7. The van der Waals surface area contributed by atoms with Gasteiger partial charge in [0.05, 0.1) is 14.2 Å². The Labute approximate surface area is 99.6 Å². The van der Waals surface area contributed by atoms with E-state index in [9.17, 15) is 4.79 Å². The molecule has 0 aliphatic heterocycles. The Balaban J connectivity index is 2.72. The van der Waals surface area contributed by atoms with Gasteiger partial charge in [-0.2, -0.15) is 4.79 Å². The van der Waals surface area contributed by atoms with Crippen LogP contribution in [0.1, 0.15) is 12.0 Å². The number of aryl methyl sites for hydroxylation is 1. The normalized spacial score (nSPS) is 9.29. The zero-order valence-corrected chi connectivity index (χ0v) is 9.84. The number of nitrogens with zero attached hydrogens (tertiary/aromatic N) is 2. The van der Waals surface area contributed by atoms with Crippen LogP contribution in [0.4, 0.5) is 0 Å². The summed E-state index contributed by atoms with van der Waals surface area (Å²) in [5, 5.41) is 0. The average Bonchev–Trinajstić information content (AvgIpc) is 2.36. The van der Waals surface area contributed by atoms with Gasteiger partial charge in [0.2, 0.25) is 5.78 Å². The van der Waals surface area contributed by atoms with E-state index in [1.54, 1.807) is 20.3 Å². The average molecular weight is 234 g/mol. The van der Waals surface area contributed by atoms with Crippen molar-refractivity contribution in [2.75, 3.05) is 14.2 Å². The lowest BCUT2D eigenvalue weighted by Gasteiger charge is -2.08. The quantitative estimate of drug-likeness (QED) is 0.425. The van der Waals surface area contributed by atoms with E-state index in [-0.39, 0.29) is 5.78 Å². The predicted molar refractivity (Wildman–Crippen MR) is 62.6 cm³/mol. The second-order valence-corrected chi connectivity index (χ2v) is 3.40. The first-order chi connectivity index (χ1) is 8.21. The smallest absolute Gasteiger partial charge is 0.323 e. The molecule has 0 atom stereocenters. The molecule has 17 heavy (non-hydrogen) atoms. The van der Waals surface area contributed by atoms with Crippen LogP contribution in [0.3, 0.4) is 0 Å². The van der Waals surface area contributed by atoms with Gasteiger partial charge >= 0.3 is 6.21 Å². The SMILES string of the molecule is COc1ccc(CCC(=O)C=[N+]=[N-])cc1OC. The molecule has 0 radical (unpaired) electrons. The highest BCUT2D eigenvalue weighted by Crippen LogP contribution is 2.27. The molecule has 0 saturated heterocycles. The van der Waals surface area contributed by atoms with E-state index in [0.717, 1.165) is 11.8 Å². The lowest BCUT2D eigenvalue weighted by atomic mass is 10.1. The molecule has 0 unspecified atom stereocenters. The van der Waals surface area contributed by atoms with Gasteiger partial charge in [0.1, 0.15) is 0 Å². The summed E-state index contributed by atoms with van der Waals surface area (Å²) in [5.41, 5.74) is 9.16. The van der Waals surface area contributed by atoms with E-state index in [4.69, 9.17) is 15.0 Å². The van der Waals surface area contributed by atoms with Crippen LogP contribution >= 0.6 is 0 Å². The van der Waals surface area contributed by atoms with Crippen molar-refractivity contribution < 1.29 is 19.1 Å². The standard InChI is InChI=1S/C12H14N2O3/c1-16-11-6-4-9(7-12(11)17-2)3-5-10(15)8-14-13/h4,6-8H,3,5H2,1-2H3. The maximum atomic E-state index is 11.1. The molecule has 0 aliphatic rings. The number of hydrogen-bond donors (Lipinski definition) is 0. The van der Waals surface area contributed by atoms with Gasteiger partial charge in [-0.05, 0) is 24.1 Å². The predicted octanol–water partition coefficient (Wildman–Crippen LogP) is 1.51. The maximum absolute atomic E-state index is 11.1. The van der Waals surface area contributed by atoms with Gasteiger partial charge in [-0.3, -0.25) is 4.79 Å². The molecule has 0 aromatic heterocycles. The van der Waals surface area contributed by atoms with Gasteiger partial charge in [0.25, 0.3) is 0 Å². The summed E-state index contributed by atoms with van der Waals surface area (Å²) >= 11 is 0. The Bertz CT molecular complexity index is 451. The second kappa shape index (κ2) is 6.45. The first-order valence-electron chi connectivity index (χ1n) is 5.12. The Morgan fingerprint density at radius 1 is 1.35 bits per heavy atom. The highest BCUT2D eigenvalue weighted by molar-refractivity contribution is 6.25. The first-order valence-corrected chi connectivity index (χ1v) is 5.12. The number of ether oxygens (including phenoxy) is 2. The Kier molecular flexibility index (Phi) is 4.91. The number of methoxy groups -OCH3 is 2. The Hall–Kier alpha value is -2.13. The highest BCUT2D eigenvalue weighted by Gasteiger charge is 2.07. The van der Waals surface area contributed by atoms with E-state index in [0.29, 0.717) is 24.3 Å². The van der Waals surface area contributed by atoms with Crippen LogP contribution in [0.25, 0.3) is 5.53 Å². The molecule has 0 saturated carbocycles. The maximum Gasteiger partial charge on any atom is 0.323 e. The fourth-order valence-electron chi connectivity index (χ4n) is 1.43. The Morgan fingerprint density at radius 3 is 2.65 bits per heavy atom. The van der Waals surface area contributed by atoms with Crippen LogP contribution in [0.15, 0.2) is 18.2 Å². The summed E-state index contributed by atoms with van der Waals surface area (Å²) in [5.74, 6) is 1.06. The molecule has 0 aliphatic carbocycles. The van der Waals surface area contributed by atoms with Crippen molar-refractivity contribution in [2.24, 2.45) is 0 Å². The van der Waals surface area contributed by atoms with Crippen molar-refractivity contribution in [1.82, 2.24) is 0 Å². The monoisotopic (exact) mass is 234 g/mol. The van der Waals surface area contributed by atoms with E-state index in [2.05, 4.69) is 4.79 Å². The first kappa shape index (κ1) is 12.9. The van der Waals surface area contributed by atoms with Gasteiger partial charge in [0, 0.05) is 6.42 Å². The summed E-state index contributed by atoms with van der Waals surface area (Å²) in [6.45, 7) is 0. The molecule has 1 aromatic rings. The van der Waals surface area contributed by atoms with E-state index in [1.165, 1.54) is 0 Å². The van der Waals surface area contributed by atoms with Crippen molar-refractivity contribution in [2.45, 2.75) is 12.8 Å². The molecule has 0 heterocycles. The van der Waals surface area contributed by atoms with Crippen LogP contribution in [-0.2, 0) is 11.2 Å². The lowest BCUT2D eigenvalue weighted by molar-refractivity contribution is -0.116. The van der Waals surface area contributed by atoms with E-state index >= 15 is 0 Å². The van der Waals surface area contributed by atoms with Gasteiger partial charge < -0.3 is 15.0 Å². The van der Waals surface area contributed by atoms with E-state index < -0.39 is 0 Å². The number of hydrogen-bond acceptors (Lipinski definition) is 3. The minimum absolute atomic E-state index is 0.220. The van der Waals surface area contributed by atoms with Gasteiger partial charge in [0.15, 0.2) is 11.5 Å². The molecular weight excluding hydrogens is 220 g/mol. The third kappa shape index (κ3) is 3.74. The Morgan fingerprint density at radius 2 is 2.06 bits per heavy atom. The molecule has 90 valence electrons. The zero-order valence-electron chi connectivity index (χ0n) is 9.84. The fourth-order valence-corrected chi connectivity index (χ4v) is 1.43. The molecule has 0 N–H and O–H groups in total. The number of ketones is 1. The number of rotatable bonds is 6. The molecule has 0 fully saturated rings. The second-order valence-electron chi connectivity index (χ2n) is 3.40. The number of benzene rings is 1. The third-order valence-corrected chi connectivity index (χ3v) is 2.31. The molecule has 0 bridgehead atoms. The summed E-state index contributed by atoms with van der Waals surface area (Å²) in [6, 6.07) is 5.48. The third-order valence-electron chi connectivity index (χ3n) is 2.31. The molecule has 0 amide bonds. The van der Waals surface area contributed by atoms with Crippen LogP contribution in [-0.4, -0.2) is 31.0 Å². The minimum Gasteiger partial charge on any atom is -0.493 e. The fraction of sp³-hybridized carbons (Fsp3) is 0.333. The summed E-state index contributed by atoms with van der Waals surface area (Å²) in [6.07, 6.45) is 1.76. The molecule has 0 spiro atoms. The minimum atomic E-state index is -0.220. The van der Waals surface area contributed by atoms with Crippen LogP contribution < -0.4 is 9.47 Å². The van der Waals surface area contributed by atoms with Gasteiger partial charge in [-0.25, -0.2) is 0 Å². The molecule has 1 rings (SSSR count). The summed E-state index contributed by atoms with van der Waals surface area (Å²) in [4.78, 5) is 13.8. The largest absolute Gasteiger partial charge is 0.493 e. The van der Waals surface area contributed by atoms with E-state index in [1.807, 2.05) is 12.1 Å². The summed E-state index contributed by atoms with van der Waals surface area (Å²) < 4.78 is 10.3. The van der Waals surface area contributed by atoms with Crippen molar-refractivity contribution in [1.29, 1.82) is 0 Å². The van der Waals surface area contributed by atoms with Crippen molar-refractivity contribution >= 4 is 12.0 Å². The van der Waals surface area contributed by atoms with Crippen molar-refractivity contribution in [3.05, 3.63) is 29.3 Å². The number of carbonyl (C=O) groups excluding carboxylic acids is 1. The van der Waals surface area contributed by atoms with Gasteiger partial charge in [-0.15, -0.1) is 0 Å². The topological polar surface area (TPSA) is 71.9 Å². The lowest BCUT2D eigenvalue weighted by Crippen LogP contribution is -2.02. The number of carbonyl (C=O) groups is 1. The van der Waals surface area contributed by atoms with Gasteiger partial charge in [-0.1, -0.05) is 6.07 Å². The molecule has 5 nitrogen and oxygen atoms in total. The van der Waals surface area contributed by atoms with Crippen LogP contribution in [0.5, 0.6) is 11.5 Å². The van der Waals surface area contributed by atoms with Crippen molar-refractivity contribution in [3.8, 4) is 11.5 Å². The highest BCUT2D eigenvalue weighted by atomic mass is 16.5. The van der Waals surface area contributed by atoms with Crippen molar-refractivity contribution in [3.63, 3.8) is 0 Å². The molecule has 5 heteroatoms. The molecular formula is C12H14N2O3. The number of Topliss-reactive ketones (excluding diaryl/α,β-unsaturated/α-hetero) is 1. The van der Waals surface area contributed by atoms with Crippen LogP contribution in [0, 0.1) is 0 Å².